The van der Waals surface area contributed by atoms with Crippen LogP contribution in [0.5, 0.6) is 0 Å². The zero-order valence-corrected chi connectivity index (χ0v) is 13.2. The third-order valence-corrected chi connectivity index (χ3v) is 4.46. The molecule has 1 rings (SSSR count). The predicted molar refractivity (Wildman–Crippen MR) is 76.9 cm³/mol. The van der Waals surface area contributed by atoms with Gasteiger partial charge in [-0.15, -0.1) is 11.6 Å². The Morgan fingerprint density at radius 2 is 1.75 bits per heavy atom. The molecule has 0 N–H and O–H groups in total. The second-order valence-electron chi connectivity index (χ2n) is 4.61. The van der Waals surface area contributed by atoms with Crippen molar-refractivity contribution in [2.75, 3.05) is 0 Å². The van der Waals surface area contributed by atoms with Gasteiger partial charge in [-0.3, -0.25) is 0 Å². The molecule has 0 unspecified atom stereocenters. The van der Waals surface area contributed by atoms with Gasteiger partial charge in [0, 0.05) is 10.4 Å². The molecule has 0 aromatic heterocycles. The molecule has 0 aliphatic heterocycles. The van der Waals surface area contributed by atoms with Crippen molar-refractivity contribution in [3.8, 4) is 0 Å². The van der Waals surface area contributed by atoms with Gasteiger partial charge in [0.1, 0.15) is 0 Å². The molecule has 0 bridgehead atoms. The van der Waals surface area contributed by atoms with E-state index < -0.39 is 0 Å². The van der Waals surface area contributed by atoms with Crippen LogP contribution in [0.3, 0.4) is 0 Å². The number of hydrogen-bond donors (Lipinski definition) is 0. The van der Waals surface area contributed by atoms with Crippen LogP contribution in [0, 0.1) is 0 Å². The molecular weight excluding hydrogens is 307 g/mol. The SMILES string of the molecule is CC(C)c1cc(CCl)c(C(C)C)c(Cl)c1Br. The molecule has 0 aliphatic rings. The number of halogens is 3. The summed E-state index contributed by atoms with van der Waals surface area (Å²) in [5.41, 5.74) is 3.53. The van der Waals surface area contributed by atoms with E-state index in [1.165, 1.54) is 5.56 Å². The number of hydrogen-bond acceptors (Lipinski definition) is 0. The van der Waals surface area contributed by atoms with Gasteiger partial charge in [0.2, 0.25) is 0 Å². The molecule has 16 heavy (non-hydrogen) atoms. The number of alkyl halides is 1. The first-order chi connectivity index (χ1) is 7.40. The van der Waals surface area contributed by atoms with Crippen molar-refractivity contribution < 1.29 is 0 Å². The third-order valence-electron chi connectivity index (χ3n) is 2.70. The van der Waals surface area contributed by atoms with Crippen molar-refractivity contribution in [1.82, 2.24) is 0 Å². The smallest absolute Gasteiger partial charge is 0.0588 e. The van der Waals surface area contributed by atoms with Gasteiger partial charge in [0.25, 0.3) is 0 Å². The summed E-state index contributed by atoms with van der Waals surface area (Å²) in [6.45, 7) is 8.59. The van der Waals surface area contributed by atoms with Crippen LogP contribution in [-0.4, -0.2) is 0 Å². The molecule has 0 aliphatic carbocycles. The van der Waals surface area contributed by atoms with Gasteiger partial charge in [0.05, 0.1) is 5.02 Å². The third kappa shape index (κ3) is 2.75. The fraction of sp³-hybridized carbons (Fsp3) is 0.538. The van der Waals surface area contributed by atoms with E-state index in [9.17, 15) is 0 Å². The van der Waals surface area contributed by atoms with Gasteiger partial charge >= 0.3 is 0 Å². The summed E-state index contributed by atoms with van der Waals surface area (Å²) in [4.78, 5) is 0. The molecule has 0 saturated carbocycles. The second kappa shape index (κ2) is 5.75. The minimum atomic E-state index is 0.388. The molecule has 0 radical (unpaired) electrons. The summed E-state index contributed by atoms with van der Waals surface area (Å²) in [5.74, 6) is 1.34. The van der Waals surface area contributed by atoms with Crippen LogP contribution in [0.1, 0.15) is 56.2 Å². The van der Waals surface area contributed by atoms with E-state index in [0.29, 0.717) is 17.7 Å². The van der Waals surface area contributed by atoms with Crippen molar-refractivity contribution in [3.05, 3.63) is 32.3 Å². The van der Waals surface area contributed by atoms with Crippen LogP contribution < -0.4 is 0 Å². The Labute approximate surface area is 116 Å². The van der Waals surface area contributed by atoms with Gasteiger partial charge in [-0.25, -0.2) is 0 Å². The first-order valence-corrected chi connectivity index (χ1v) is 7.17. The summed E-state index contributed by atoms with van der Waals surface area (Å²) in [6.07, 6.45) is 0. The van der Waals surface area contributed by atoms with Gasteiger partial charge in [-0.05, 0) is 44.5 Å². The maximum Gasteiger partial charge on any atom is 0.0588 e. The largest absolute Gasteiger partial charge is 0.122 e. The molecule has 0 spiro atoms. The zero-order chi connectivity index (χ0) is 12.5. The van der Waals surface area contributed by atoms with E-state index in [4.69, 9.17) is 23.2 Å². The fourth-order valence-corrected chi connectivity index (χ4v) is 3.33. The van der Waals surface area contributed by atoms with E-state index in [1.54, 1.807) is 0 Å². The molecule has 90 valence electrons. The number of rotatable bonds is 3. The average Bonchev–Trinajstić information content (AvgIpc) is 2.20. The van der Waals surface area contributed by atoms with Crippen LogP contribution in [0.15, 0.2) is 10.5 Å². The Kier molecular flexibility index (Phi) is 5.15. The topological polar surface area (TPSA) is 0 Å². The van der Waals surface area contributed by atoms with Crippen LogP contribution in [0.4, 0.5) is 0 Å². The van der Waals surface area contributed by atoms with Gasteiger partial charge in [-0.2, -0.15) is 0 Å². The van der Waals surface area contributed by atoms with E-state index >= 15 is 0 Å². The second-order valence-corrected chi connectivity index (χ2v) is 6.05. The molecule has 0 atom stereocenters. The van der Waals surface area contributed by atoms with Crippen molar-refractivity contribution in [2.24, 2.45) is 0 Å². The average molecular weight is 324 g/mol. The molecule has 0 nitrogen and oxygen atoms in total. The Morgan fingerprint density at radius 1 is 1.19 bits per heavy atom. The minimum absolute atomic E-state index is 0.388. The molecule has 0 amide bonds. The summed E-state index contributed by atoms with van der Waals surface area (Å²) in [5, 5.41) is 0.817. The van der Waals surface area contributed by atoms with Crippen LogP contribution in [0.2, 0.25) is 5.02 Å². The Hall–Kier alpha value is 0.280. The standard InChI is InChI=1S/C13H17BrCl2/c1-7(2)10-5-9(6-15)11(8(3)4)13(16)12(10)14/h5,7-8H,6H2,1-4H3. The monoisotopic (exact) mass is 322 g/mol. The lowest BCUT2D eigenvalue weighted by Crippen LogP contribution is -2.01. The number of benzene rings is 1. The Balaban J connectivity index is 3.49. The predicted octanol–water partition coefficient (Wildman–Crippen LogP) is 6.09. The highest BCUT2D eigenvalue weighted by Gasteiger charge is 2.18. The van der Waals surface area contributed by atoms with Crippen molar-refractivity contribution in [3.63, 3.8) is 0 Å². The summed E-state index contributed by atoms with van der Waals surface area (Å²) < 4.78 is 1.02. The van der Waals surface area contributed by atoms with Crippen LogP contribution >= 0.6 is 39.1 Å². The Bertz CT molecular complexity index is 384. The molecule has 1 aromatic carbocycles. The van der Waals surface area contributed by atoms with Gasteiger partial charge in [-0.1, -0.05) is 45.4 Å². The van der Waals surface area contributed by atoms with Gasteiger partial charge < -0.3 is 0 Å². The molecule has 0 saturated heterocycles. The van der Waals surface area contributed by atoms with Crippen molar-refractivity contribution >= 4 is 39.1 Å². The summed E-state index contributed by atoms with van der Waals surface area (Å²) >= 11 is 16.0. The summed E-state index contributed by atoms with van der Waals surface area (Å²) in [6, 6.07) is 2.17. The summed E-state index contributed by atoms with van der Waals surface area (Å²) in [7, 11) is 0. The molecule has 1 aromatic rings. The highest BCUT2D eigenvalue weighted by Crippen LogP contribution is 2.39. The molecule has 0 fully saturated rings. The molecular formula is C13H17BrCl2. The van der Waals surface area contributed by atoms with Crippen molar-refractivity contribution in [1.29, 1.82) is 0 Å². The first kappa shape index (κ1) is 14.3. The maximum atomic E-state index is 6.42. The maximum absolute atomic E-state index is 6.42. The quantitative estimate of drug-likeness (QED) is 0.590. The fourth-order valence-electron chi connectivity index (χ4n) is 1.87. The van der Waals surface area contributed by atoms with Crippen LogP contribution in [-0.2, 0) is 5.88 Å². The zero-order valence-electron chi connectivity index (χ0n) is 10.1. The highest BCUT2D eigenvalue weighted by atomic mass is 79.9. The van der Waals surface area contributed by atoms with E-state index in [2.05, 4.69) is 49.7 Å². The molecule has 0 heterocycles. The van der Waals surface area contributed by atoms with Gasteiger partial charge in [0.15, 0.2) is 0 Å². The lowest BCUT2D eigenvalue weighted by molar-refractivity contribution is 0.829. The van der Waals surface area contributed by atoms with E-state index in [0.717, 1.165) is 20.6 Å². The van der Waals surface area contributed by atoms with E-state index in [-0.39, 0.29) is 0 Å². The highest BCUT2D eigenvalue weighted by molar-refractivity contribution is 9.10. The van der Waals surface area contributed by atoms with Crippen molar-refractivity contribution in [2.45, 2.75) is 45.4 Å². The van der Waals surface area contributed by atoms with Crippen LogP contribution in [0.25, 0.3) is 0 Å². The van der Waals surface area contributed by atoms with E-state index in [1.807, 2.05) is 0 Å². The molecule has 3 heteroatoms. The Morgan fingerprint density at radius 3 is 2.12 bits per heavy atom. The minimum Gasteiger partial charge on any atom is -0.122 e. The lowest BCUT2D eigenvalue weighted by atomic mass is 9.92. The first-order valence-electron chi connectivity index (χ1n) is 5.46. The lowest BCUT2D eigenvalue weighted by Gasteiger charge is -2.19. The normalized spacial score (nSPS) is 11.6.